The highest BCUT2D eigenvalue weighted by Gasteiger charge is 2.16. The lowest BCUT2D eigenvalue weighted by Crippen LogP contribution is -1.98. The molecular formula is C16H23N3O. The fourth-order valence-electron chi connectivity index (χ4n) is 2.32. The summed E-state index contributed by atoms with van der Waals surface area (Å²) in [5.74, 6) is 2.14. The third-order valence-electron chi connectivity index (χ3n) is 3.22. The van der Waals surface area contributed by atoms with Crippen molar-refractivity contribution in [2.75, 3.05) is 12.3 Å². The molecular weight excluding hydrogens is 250 g/mol. The third-order valence-corrected chi connectivity index (χ3v) is 3.22. The zero-order valence-corrected chi connectivity index (χ0v) is 12.7. The van der Waals surface area contributed by atoms with E-state index in [-0.39, 0.29) is 0 Å². The van der Waals surface area contributed by atoms with E-state index in [0.717, 1.165) is 29.0 Å². The first kappa shape index (κ1) is 14.4. The molecule has 2 rings (SSSR count). The number of nitrogens with two attached hydrogens (primary N) is 1. The predicted molar refractivity (Wildman–Crippen MR) is 82.8 cm³/mol. The van der Waals surface area contributed by atoms with Crippen LogP contribution in [-0.4, -0.2) is 16.4 Å². The van der Waals surface area contributed by atoms with Crippen LogP contribution in [-0.2, 0) is 13.5 Å². The molecule has 0 bridgehead atoms. The van der Waals surface area contributed by atoms with Crippen LogP contribution in [0.4, 0.5) is 5.82 Å². The van der Waals surface area contributed by atoms with E-state index in [1.807, 2.05) is 38.2 Å². The Hall–Kier alpha value is -1.97. The number of benzene rings is 1. The van der Waals surface area contributed by atoms with Crippen LogP contribution in [0.15, 0.2) is 24.3 Å². The number of ether oxygens (including phenoxy) is 1. The average molecular weight is 273 g/mol. The highest BCUT2D eigenvalue weighted by atomic mass is 16.5. The van der Waals surface area contributed by atoms with Gasteiger partial charge in [0, 0.05) is 12.6 Å². The van der Waals surface area contributed by atoms with Gasteiger partial charge in [0.25, 0.3) is 0 Å². The summed E-state index contributed by atoms with van der Waals surface area (Å²) < 4.78 is 7.23. The van der Waals surface area contributed by atoms with Crippen LogP contribution in [0.3, 0.4) is 0 Å². The first-order chi connectivity index (χ1) is 9.52. The van der Waals surface area contributed by atoms with Crippen LogP contribution in [0.25, 0.3) is 11.1 Å². The second kappa shape index (κ2) is 5.99. The quantitative estimate of drug-likeness (QED) is 0.909. The molecule has 108 valence electrons. The second-order valence-electron chi connectivity index (χ2n) is 5.39. The normalized spacial score (nSPS) is 11.1. The number of aryl methyl sites for hydroxylation is 1. The van der Waals surface area contributed by atoms with E-state index in [9.17, 15) is 0 Å². The summed E-state index contributed by atoms with van der Waals surface area (Å²) >= 11 is 0. The molecule has 0 aliphatic rings. The number of nitrogens with zero attached hydrogens (tertiary/aromatic N) is 2. The summed E-state index contributed by atoms with van der Waals surface area (Å²) in [6.45, 7) is 7.03. The molecule has 0 spiro atoms. The van der Waals surface area contributed by atoms with Crippen molar-refractivity contribution in [2.45, 2.75) is 27.2 Å². The molecule has 0 unspecified atom stereocenters. The molecule has 0 radical (unpaired) electrons. The summed E-state index contributed by atoms with van der Waals surface area (Å²) in [5, 5.41) is 4.55. The van der Waals surface area contributed by atoms with Crippen molar-refractivity contribution in [1.29, 1.82) is 0 Å². The highest BCUT2D eigenvalue weighted by Crippen LogP contribution is 2.31. The van der Waals surface area contributed by atoms with E-state index < -0.39 is 0 Å². The lowest BCUT2D eigenvalue weighted by Gasteiger charge is -2.08. The van der Waals surface area contributed by atoms with Gasteiger partial charge in [-0.15, -0.1) is 0 Å². The molecule has 20 heavy (non-hydrogen) atoms. The minimum absolute atomic E-state index is 0.547. The van der Waals surface area contributed by atoms with Crippen molar-refractivity contribution in [3.8, 4) is 16.9 Å². The number of rotatable bonds is 5. The largest absolute Gasteiger partial charge is 0.494 e. The predicted octanol–water partition coefficient (Wildman–Crippen LogP) is 3.27. The maximum Gasteiger partial charge on any atom is 0.129 e. The number of nitrogen functional groups attached to an aromatic ring is 1. The first-order valence-corrected chi connectivity index (χ1v) is 7.07. The van der Waals surface area contributed by atoms with Gasteiger partial charge in [0.2, 0.25) is 0 Å². The Kier molecular flexibility index (Phi) is 4.32. The fourth-order valence-corrected chi connectivity index (χ4v) is 2.32. The molecule has 0 fully saturated rings. The second-order valence-corrected chi connectivity index (χ2v) is 5.39. The van der Waals surface area contributed by atoms with E-state index in [0.29, 0.717) is 18.3 Å². The van der Waals surface area contributed by atoms with Crippen LogP contribution in [0, 0.1) is 5.92 Å². The Morgan fingerprint density at radius 2 is 1.90 bits per heavy atom. The molecule has 4 nitrogen and oxygen atoms in total. The molecule has 0 saturated heterocycles. The summed E-state index contributed by atoms with van der Waals surface area (Å²) in [6, 6.07) is 8.04. The molecule has 1 heterocycles. The highest BCUT2D eigenvalue weighted by molar-refractivity contribution is 5.77. The van der Waals surface area contributed by atoms with Gasteiger partial charge in [-0.25, -0.2) is 0 Å². The average Bonchev–Trinajstić information content (AvgIpc) is 2.66. The zero-order valence-electron chi connectivity index (χ0n) is 12.7. The fraction of sp³-hybridized carbons (Fsp3) is 0.438. The Balaban J connectivity index is 2.40. The SMILES string of the molecule is CCOc1ccc(-c2c(CC(C)C)nn(C)c2N)cc1. The van der Waals surface area contributed by atoms with Crippen molar-refractivity contribution in [3.05, 3.63) is 30.0 Å². The number of hydrogen-bond donors (Lipinski definition) is 1. The van der Waals surface area contributed by atoms with E-state index in [4.69, 9.17) is 10.5 Å². The van der Waals surface area contributed by atoms with E-state index in [1.54, 1.807) is 4.68 Å². The smallest absolute Gasteiger partial charge is 0.129 e. The molecule has 0 aliphatic carbocycles. The Labute approximate surface area is 120 Å². The molecule has 0 amide bonds. The first-order valence-electron chi connectivity index (χ1n) is 7.07. The minimum atomic E-state index is 0.547. The summed E-state index contributed by atoms with van der Waals surface area (Å²) in [7, 11) is 1.89. The van der Waals surface area contributed by atoms with Crippen LogP contribution in [0.5, 0.6) is 5.75 Å². The van der Waals surface area contributed by atoms with Gasteiger partial charge in [-0.3, -0.25) is 4.68 Å². The molecule has 0 atom stereocenters. The van der Waals surface area contributed by atoms with Gasteiger partial charge >= 0.3 is 0 Å². The van der Waals surface area contributed by atoms with Crippen molar-refractivity contribution in [3.63, 3.8) is 0 Å². The van der Waals surface area contributed by atoms with Gasteiger partial charge in [-0.2, -0.15) is 5.10 Å². The molecule has 0 saturated carbocycles. The van der Waals surface area contributed by atoms with Gasteiger partial charge in [0.05, 0.1) is 12.3 Å². The van der Waals surface area contributed by atoms with Crippen molar-refractivity contribution >= 4 is 5.82 Å². The Morgan fingerprint density at radius 3 is 2.45 bits per heavy atom. The maximum absolute atomic E-state index is 6.18. The van der Waals surface area contributed by atoms with E-state index in [2.05, 4.69) is 18.9 Å². The number of aromatic nitrogens is 2. The van der Waals surface area contributed by atoms with E-state index >= 15 is 0 Å². The van der Waals surface area contributed by atoms with Gasteiger partial charge in [-0.05, 0) is 37.0 Å². The summed E-state index contributed by atoms with van der Waals surface area (Å²) in [6.07, 6.45) is 0.924. The van der Waals surface area contributed by atoms with E-state index in [1.165, 1.54) is 0 Å². The monoisotopic (exact) mass is 273 g/mol. The molecule has 2 aromatic rings. The standard InChI is InChI=1S/C16H23N3O/c1-5-20-13-8-6-12(7-9-13)15-14(10-11(2)3)18-19(4)16(15)17/h6-9,11H,5,10,17H2,1-4H3. The molecule has 0 aliphatic heterocycles. The van der Waals surface area contributed by atoms with Gasteiger partial charge < -0.3 is 10.5 Å². The van der Waals surface area contributed by atoms with Crippen molar-refractivity contribution < 1.29 is 4.74 Å². The van der Waals surface area contributed by atoms with Crippen LogP contribution in [0.2, 0.25) is 0 Å². The lowest BCUT2D eigenvalue weighted by atomic mass is 9.99. The van der Waals surface area contributed by atoms with Crippen molar-refractivity contribution in [1.82, 2.24) is 9.78 Å². The van der Waals surface area contributed by atoms with Crippen LogP contribution < -0.4 is 10.5 Å². The maximum atomic E-state index is 6.18. The van der Waals surface area contributed by atoms with Gasteiger partial charge in [0.15, 0.2) is 0 Å². The van der Waals surface area contributed by atoms with Gasteiger partial charge in [-0.1, -0.05) is 26.0 Å². The Morgan fingerprint density at radius 1 is 1.25 bits per heavy atom. The Bertz CT molecular complexity index is 570. The molecule has 2 N–H and O–H groups in total. The summed E-state index contributed by atoms with van der Waals surface area (Å²) in [5.41, 5.74) is 9.37. The topological polar surface area (TPSA) is 53.1 Å². The van der Waals surface area contributed by atoms with Crippen molar-refractivity contribution in [2.24, 2.45) is 13.0 Å². The molecule has 4 heteroatoms. The van der Waals surface area contributed by atoms with Crippen LogP contribution in [0.1, 0.15) is 26.5 Å². The third kappa shape index (κ3) is 2.95. The molecule has 1 aromatic carbocycles. The number of hydrogen-bond acceptors (Lipinski definition) is 3. The number of anilines is 1. The van der Waals surface area contributed by atoms with Gasteiger partial charge in [0.1, 0.15) is 11.6 Å². The zero-order chi connectivity index (χ0) is 14.7. The minimum Gasteiger partial charge on any atom is -0.494 e. The summed E-state index contributed by atoms with van der Waals surface area (Å²) in [4.78, 5) is 0. The van der Waals surface area contributed by atoms with Crippen LogP contribution >= 0.6 is 0 Å². The lowest BCUT2D eigenvalue weighted by molar-refractivity contribution is 0.340. The molecule has 1 aromatic heterocycles.